The zero-order valence-electron chi connectivity index (χ0n) is 10.9. The fourth-order valence-electron chi connectivity index (χ4n) is 1.98. The Kier molecular flexibility index (Phi) is 4.16. The second-order valence-electron chi connectivity index (χ2n) is 4.19. The number of rotatable bonds is 3. The van der Waals surface area contributed by atoms with E-state index in [9.17, 15) is 4.79 Å². The first-order chi connectivity index (χ1) is 9.13. The molecule has 1 unspecified atom stereocenters. The summed E-state index contributed by atoms with van der Waals surface area (Å²) in [7, 11) is 0. The smallest absolute Gasteiger partial charge is 0.225 e. The quantitative estimate of drug-likeness (QED) is 0.827. The van der Waals surface area contributed by atoms with Gasteiger partial charge in [-0.3, -0.25) is 4.79 Å². The van der Waals surface area contributed by atoms with Gasteiger partial charge in [0, 0.05) is 0 Å². The molecule has 1 aromatic carbocycles. The van der Waals surface area contributed by atoms with Gasteiger partial charge < -0.3 is 15.4 Å². The van der Waals surface area contributed by atoms with Gasteiger partial charge >= 0.3 is 0 Å². The lowest BCUT2D eigenvalue weighted by Crippen LogP contribution is -2.36. The zero-order valence-corrected chi connectivity index (χ0v) is 11.7. The molecule has 1 aliphatic heterocycles. The molecule has 0 saturated carbocycles. The number of hydrogen-bond acceptors (Lipinski definition) is 3. The first-order valence-electron chi connectivity index (χ1n) is 6.13. The van der Waals surface area contributed by atoms with Crippen molar-refractivity contribution < 1.29 is 9.53 Å². The standard InChI is InChI=1S/C14H16N2O2S/c1-3-18-13-9(2)15-14(19)16-11(12(13)17)10-7-5-4-6-8-10/h4-8,11H,3H2,1-2H3,(H2,15,16,19). The molecule has 0 bridgehead atoms. The minimum absolute atomic E-state index is 0.113. The molecule has 0 aliphatic carbocycles. The predicted molar refractivity (Wildman–Crippen MR) is 77.4 cm³/mol. The minimum Gasteiger partial charge on any atom is -0.488 e. The van der Waals surface area contributed by atoms with Crippen LogP contribution >= 0.6 is 12.2 Å². The molecule has 0 saturated heterocycles. The first-order valence-corrected chi connectivity index (χ1v) is 6.54. The van der Waals surface area contributed by atoms with Crippen molar-refractivity contribution in [2.24, 2.45) is 0 Å². The lowest BCUT2D eigenvalue weighted by molar-refractivity contribution is -0.120. The molecule has 19 heavy (non-hydrogen) atoms. The molecule has 0 aromatic heterocycles. The predicted octanol–water partition coefficient (Wildman–Crippen LogP) is 2.04. The van der Waals surface area contributed by atoms with Crippen molar-refractivity contribution in [1.82, 2.24) is 10.6 Å². The van der Waals surface area contributed by atoms with Crippen LogP contribution in [0.1, 0.15) is 25.5 Å². The second kappa shape index (κ2) is 5.84. The van der Waals surface area contributed by atoms with Crippen LogP contribution in [0.15, 0.2) is 41.8 Å². The van der Waals surface area contributed by atoms with E-state index in [1.165, 1.54) is 0 Å². The van der Waals surface area contributed by atoms with Gasteiger partial charge in [0.1, 0.15) is 6.04 Å². The monoisotopic (exact) mass is 276 g/mol. The fraction of sp³-hybridized carbons (Fsp3) is 0.286. The summed E-state index contributed by atoms with van der Waals surface area (Å²) < 4.78 is 5.46. The molecule has 1 aliphatic rings. The highest BCUT2D eigenvalue weighted by Gasteiger charge is 2.30. The van der Waals surface area contributed by atoms with E-state index < -0.39 is 6.04 Å². The molecule has 2 N–H and O–H groups in total. The summed E-state index contributed by atoms with van der Waals surface area (Å²) in [5.41, 5.74) is 1.51. The summed E-state index contributed by atoms with van der Waals surface area (Å²) in [5, 5.41) is 6.40. The van der Waals surface area contributed by atoms with Gasteiger partial charge in [-0.05, 0) is 31.6 Å². The van der Waals surface area contributed by atoms with E-state index in [0.29, 0.717) is 23.2 Å². The lowest BCUT2D eigenvalue weighted by Gasteiger charge is -2.17. The van der Waals surface area contributed by atoms with Gasteiger partial charge in [-0.25, -0.2) is 0 Å². The molecule has 0 radical (unpaired) electrons. The van der Waals surface area contributed by atoms with Crippen molar-refractivity contribution in [2.75, 3.05) is 6.61 Å². The highest BCUT2D eigenvalue weighted by Crippen LogP contribution is 2.22. The van der Waals surface area contributed by atoms with E-state index in [2.05, 4.69) is 10.6 Å². The number of hydrogen-bond donors (Lipinski definition) is 2. The Morgan fingerprint density at radius 2 is 2.00 bits per heavy atom. The number of Topliss-reactive ketones (excluding diaryl/α,β-unsaturated/α-hetero) is 1. The second-order valence-corrected chi connectivity index (χ2v) is 4.60. The van der Waals surface area contributed by atoms with Gasteiger partial charge in [-0.15, -0.1) is 0 Å². The van der Waals surface area contributed by atoms with Crippen LogP contribution in [-0.4, -0.2) is 17.5 Å². The van der Waals surface area contributed by atoms with Gasteiger partial charge in [-0.1, -0.05) is 30.3 Å². The van der Waals surface area contributed by atoms with Gasteiger partial charge in [0.15, 0.2) is 10.9 Å². The highest BCUT2D eigenvalue weighted by molar-refractivity contribution is 7.80. The first kappa shape index (κ1) is 13.5. The Morgan fingerprint density at radius 1 is 1.32 bits per heavy atom. The number of carbonyl (C=O) groups is 1. The number of ether oxygens (including phenoxy) is 1. The van der Waals surface area contributed by atoms with Crippen LogP contribution in [0.3, 0.4) is 0 Å². The molecule has 0 amide bonds. The van der Waals surface area contributed by atoms with E-state index in [1.54, 1.807) is 6.92 Å². The van der Waals surface area contributed by atoms with Crippen LogP contribution in [0.25, 0.3) is 0 Å². The molecule has 0 fully saturated rings. The minimum atomic E-state index is -0.514. The number of thiocarbonyl (C=S) groups is 1. The summed E-state index contributed by atoms with van der Waals surface area (Å²) in [6.07, 6.45) is 0. The molecule has 5 heteroatoms. The Labute approximate surface area is 117 Å². The van der Waals surface area contributed by atoms with Crippen molar-refractivity contribution in [3.8, 4) is 0 Å². The van der Waals surface area contributed by atoms with Gasteiger partial charge in [-0.2, -0.15) is 0 Å². The molecule has 1 atom stereocenters. The van der Waals surface area contributed by atoms with Gasteiger partial charge in [0.05, 0.1) is 12.3 Å². The average molecular weight is 276 g/mol. The third-order valence-electron chi connectivity index (χ3n) is 2.82. The number of nitrogens with one attached hydrogen (secondary N) is 2. The maximum atomic E-state index is 12.5. The maximum absolute atomic E-state index is 12.5. The van der Waals surface area contributed by atoms with E-state index >= 15 is 0 Å². The normalized spacial score (nSPS) is 19.6. The Hall–Kier alpha value is -1.88. The SMILES string of the molecule is CCOC1=C(C)NC(=S)NC(c2ccccc2)C1=O. The average Bonchev–Trinajstić information content (AvgIpc) is 2.51. The van der Waals surface area contributed by atoms with Crippen LogP contribution < -0.4 is 10.6 Å². The van der Waals surface area contributed by atoms with E-state index in [-0.39, 0.29) is 5.78 Å². The Bertz CT molecular complexity index is 526. The molecule has 1 aromatic rings. The van der Waals surface area contributed by atoms with Crippen LogP contribution in [-0.2, 0) is 9.53 Å². The van der Waals surface area contributed by atoms with Crippen molar-refractivity contribution in [2.45, 2.75) is 19.9 Å². The van der Waals surface area contributed by atoms with Crippen molar-refractivity contribution in [3.05, 3.63) is 47.4 Å². The Morgan fingerprint density at radius 3 is 2.63 bits per heavy atom. The van der Waals surface area contributed by atoms with Crippen LogP contribution in [0.4, 0.5) is 0 Å². The topological polar surface area (TPSA) is 50.4 Å². The fourth-order valence-corrected chi connectivity index (χ4v) is 2.25. The molecule has 4 nitrogen and oxygen atoms in total. The van der Waals surface area contributed by atoms with E-state index in [0.717, 1.165) is 5.56 Å². The van der Waals surface area contributed by atoms with Crippen molar-refractivity contribution in [1.29, 1.82) is 0 Å². The van der Waals surface area contributed by atoms with Crippen LogP contribution in [0.2, 0.25) is 0 Å². The van der Waals surface area contributed by atoms with Crippen LogP contribution in [0.5, 0.6) is 0 Å². The van der Waals surface area contributed by atoms with E-state index in [1.807, 2.05) is 37.3 Å². The van der Waals surface area contributed by atoms with Gasteiger partial charge in [0.25, 0.3) is 0 Å². The summed E-state index contributed by atoms with van der Waals surface area (Å²) in [6, 6.07) is 8.96. The zero-order chi connectivity index (χ0) is 13.8. The molecule has 0 spiro atoms. The lowest BCUT2D eigenvalue weighted by atomic mass is 10.0. The van der Waals surface area contributed by atoms with Crippen molar-refractivity contribution >= 4 is 23.1 Å². The number of carbonyl (C=O) groups excluding carboxylic acids is 1. The highest BCUT2D eigenvalue weighted by atomic mass is 32.1. The number of ketones is 1. The van der Waals surface area contributed by atoms with Crippen molar-refractivity contribution in [3.63, 3.8) is 0 Å². The number of allylic oxidation sites excluding steroid dienone is 1. The van der Waals surface area contributed by atoms with Crippen LogP contribution in [0, 0.1) is 0 Å². The molecule has 1 heterocycles. The van der Waals surface area contributed by atoms with E-state index in [4.69, 9.17) is 17.0 Å². The Balaban J connectivity index is 2.40. The summed E-state index contributed by atoms with van der Waals surface area (Å²) in [4.78, 5) is 12.5. The largest absolute Gasteiger partial charge is 0.488 e. The maximum Gasteiger partial charge on any atom is 0.225 e. The summed E-state index contributed by atoms with van der Waals surface area (Å²) >= 11 is 5.17. The number of benzene rings is 1. The molecule has 2 rings (SSSR count). The summed E-state index contributed by atoms with van der Waals surface area (Å²) in [5.74, 6) is 0.224. The summed E-state index contributed by atoms with van der Waals surface area (Å²) in [6.45, 7) is 4.07. The molecular formula is C14H16N2O2S. The molecule has 100 valence electrons. The third-order valence-corrected chi connectivity index (χ3v) is 3.04. The molecular weight excluding hydrogens is 260 g/mol. The third kappa shape index (κ3) is 2.93. The van der Waals surface area contributed by atoms with Gasteiger partial charge in [0.2, 0.25) is 5.78 Å².